The molecule has 0 saturated heterocycles. The molecule has 0 heterocycles. The number of ketones is 1. The van der Waals surface area contributed by atoms with E-state index < -0.39 is 5.92 Å². The minimum atomic E-state index is -0.620. The lowest BCUT2D eigenvalue weighted by Crippen LogP contribution is -2.16. The Morgan fingerprint density at radius 2 is 1.88 bits per heavy atom. The van der Waals surface area contributed by atoms with Gasteiger partial charge >= 0.3 is 0 Å². The van der Waals surface area contributed by atoms with Crippen LogP contribution < -0.4 is 0 Å². The average Bonchev–Trinajstić information content (AvgIpc) is 2.30. The Hall–Kier alpha value is -1.62. The van der Waals surface area contributed by atoms with Crippen LogP contribution in [0.15, 0.2) is 24.3 Å². The third-order valence-corrected chi connectivity index (χ3v) is 2.70. The highest BCUT2D eigenvalue weighted by atomic mass is 16.1. The van der Waals surface area contributed by atoms with Crippen molar-refractivity contribution >= 4 is 5.78 Å². The van der Waals surface area contributed by atoms with Gasteiger partial charge in [-0.25, -0.2) is 0 Å². The summed E-state index contributed by atoms with van der Waals surface area (Å²) in [6, 6.07) is 9.81. The number of benzene rings is 1. The van der Waals surface area contributed by atoms with Crippen LogP contribution in [0.4, 0.5) is 0 Å². The van der Waals surface area contributed by atoms with E-state index >= 15 is 0 Å². The molecule has 2 heteroatoms. The topological polar surface area (TPSA) is 40.9 Å². The molecule has 84 valence electrons. The molecule has 0 radical (unpaired) electrons. The molecular formula is C14H17NO. The largest absolute Gasteiger partial charge is 0.298 e. The second-order valence-corrected chi connectivity index (χ2v) is 4.21. The summed E-state index contributed by atoms with van der Waals surface area (Å²) in [4.78, 5) is 11.8. The van der Waals surface area contributed by atoms with Gasteiger partial charge in [0.1, 0.15) is 5.92 Å². The number of hydrogen-bond acceptors (Lipinski definition) is 2. The Morgan fingerprint density at radius 3 is 2.25 bits per heavy atom. The van der Waals surface area contributed by atoms with Crippen LogP contribution in [-0.4, -0.2) is 5.78 Å². The van der Waals surface area contributed by atoms with Gasteiger partial charge in [0.2, 0.25) is 0 Å². The fourth-order valence-corrected chi connectivity index (χ4v) is 1.58. The number of rotatable bonds is 4. The molecule has 0 amide bonds. The first-order valence-electron chi connectivity index (χ1n) is 5.62. The van der Waals surface area contributed by atoms with Gasteiger partial charge in [0, 0.05) is 5.92 Å². The normalized spacial score (nSPS) is 12.2. The summed E-state index contributed by atoms with van der Waals surface area (Å²) >= 11 is 0. The average molecular weight is 215 g/mol. The molecule has 1 rings (SSSR count). The molecule has 1 aromatic carbocycles. The fourth-order valence-electron chi connectivity index (χ4n) is 1.58. The van der Waals surface area contributed by atoms with E-state index in [0.717, 1.165) is 12.0 Å². The summed E-state index contributed by atoms with van der Waals surface area (Å²) < 4.78 is 0. The van der Waals surface area contributed by atoms with Gasteiger partial charge in [-0.3, -0.25) is 4.79 Å². The summed E-state index contributed by atoms with van der Waals surface area (Å²) in [6.45, 7) is 5.73. The highest BCUT2D eigenvalue weighted by Gasteiger charge is 2.22. The number of aryl methyl sites for hydroxylation is 1. The van der Waals surface area contributed by atoms with Crippen molar-refractivity contribution in [3.63, 3.8) is 0 Å². The standard InChI is InChI=1S/C14H17NO/c1-4-11-5-7-12(8-6-11)13(9-15)14(16)10(2)3/h5-8,10,13H,4H2,1-3H3. The SMILES string of the molecule is CCc1ccc(C(C#N)C(=O)C(C)C)cc1. The Morgan fingerprint density at radius 1 is 1.31 bits per heavy atom. The smallest absolute Gasteiger partial charge is 0.156 e. The van der Waals surface area contributed by atoms with E-state index in [9.17, 15) is 4.79 Å². The van der Waals surface area contributed by atoms with Crippen LogP contribution in [0.5, 0.6) is 0 Å². The zero-order valence-electron chi connectivity index (χ0n) is 10.0. The van der Waals surface area contributed by atoms with Gasteiger partial charge in [0.25, 0.3) is 0 Å². The number of carbonyl (C=O) groups is 1. The summed E-state index contributed by atoms with van der Waals surface area (Å²) in [5, 5.41) is 9.05. The van der Waals surface area contributed by atoms with Crippen LogP contribution in [0.1, 0.15) is 37.8 Å². The van der Waals surface area contributed by atoms with Crippen molar-refractivity contribution in [1.82, 2.24) is 0 Å². The molecular weight excluding hydrogens is 198 g/mol. The first-order chi connectivity index (χ1) is 7.60. The van der Waals surface area contributed by atoms with Gasteiger partial charge in [0.05, 0.1) is 6.07 Å². The van der Waals surface area contributed by atoms with E-state index in [0.29, 0.717) is 0 Å². The maximum absolute atomic E-state index is 11.8. The van der Waals surface area contributed by atoms with E-state index in [1.165, 1.54) is 5.56 Å². The van der Waals surface area contributed by atoms with Gasteiger partial charge in [-0.2, -0.15) is 5.26 Å². The molecule has 1 unspecified atom stereocenters. The van der Waals surface area contributed by atoms with Crippen molar-refractivity contribution in [2.24, 2.45) is 5.92 Å². The molecule has 0 aliphatic carbocycles. The minimum absolute atomic E-state index is 0.00764. The highest BCUT2D eigenvalue weighted by molar-refractivity contribution is 5.89. The van der Waals surface area contributed by atoms with E-state index in [4.69, 9.17) is 5.26 Å². The number of hydrogen-bond donors (Lipinski definition) is 0. The first-order valence-corrected chi connectivity index (χ1v) is 5.62. The van der Waals surface area contributed by atoms with Crippen LogP contribution in [0.25, 0.3) is 0 Å². The molecule has 1 aromatic rings. The molecule has 0 spiro atoms. The second kappa shape index (κ2) is 5.46. The Bertz CT molecular complexity index is 398. The van der Waals surface area contributed by atoms with Crippen molar-refractivity contribution in [2.75, 3.05) is 0 Å². The van der Waals surface area contributed by atoms with Gasteiger partial charge in [-0.1, -0.05) is 45.0 Å². The number of Topliss-reactive ketones (excluding diaryl/α,β-unsaturated/α-hetero) is 1. The molecule has 1 atom stereocenters. The third kappa shape index (κ3) is 2.70. The highest BCUT2D eigenvalue weighted by Crippen LogP contribution is 2.20. The summed E-state index contributed by atoms with van der Waals surface area (Å²) in [7, 11) is 0. The summed E-state index contributed by atoms with van der Waals surface area (Å²) in [5.74, 6) is -0.729. The van der Waals surface area contributed by atoms with E-state index in [-0.39, 0.29) is 11.7 Å². The second-order valence-electron chi connectivity index (χ2n) is 4.21. The van der Waals surface area contributed by atoms with E-state index in [1.54, 1.807) is 0 Å². The van der Waals surface area contributed by atoms with Gasteiger partial charge in [0.15, 0.2) is 5.78 Å². The molecule has 16 heavy (non-hydrogen) atoms. The number of carbonyl (C=O) groups excluding carboxylic acids is 1. The maximum atomic E-state index is 11.8. The van der Waals surface area contributed by atoms with Crippen LogP contribution in [0, 0.1) is 17.2 Å². The summed E-state index contributed by atoms with van der Waals surface area (Å²) in [5.41, 5.74) is 2.02. The third-order valence-electron chi connectivity index (χ3n) is 2.70. The molecule has 2 nitrogen and oxygen atoms in total. The van der Waals surface area contributed by atoms with Crippen LogP contribution in [-0.2, 0) is 11.2 Å². The molecule has 0 fully saturated rings. The van der Waals surface area contributed by atoms with E-state index in [2.05, 4.69) is 13.0 Å². The maximum Gasteiger partial charge on any atom is 0.156 e. The Balaban J connectivity index is 2.97. The first kappa shape index (κ1) is 12.4. The van der Waals surface area contributed by atoms with Crippen molar-refractivity contribution in [3.05, 3.63) is 35.4 Å². The zero-order chi connectivity index (χ0) is 12.1. The monoisotopic (exact) mass is 215 g/mol. The van der Waals surface area contributed by atoms with Crippen LogP contribution in [0.2, 0.25) is 0 Å². The number of nitrogens with zero attached hydrogens (tertiary/aromatic N) is 1. The predicted molar refractivity (Wildman–Crippen MR) is 64.0 cm³/mol. The van der Waals surface area contributed by atoms with E-state index in [1.807, 2.05) is 38.1 Å². The molecule has 0 aliphatic rings. The lowest BCUT2D eigenvalue weighted by Gasteiger charge is -2.11. The zero-order valence-corrected chi connectivity index (χ0v) is 10.0. The predicted octanol–water partition coefficient (Wildman–Crippen LogP) is 3.08. The molecule has 0 bridgehead atoms. The van der Waals surface area contributed by atoms with Gasteiger partial charge < -0.3 is 0 Å². The van der Waals surface area contributed by atoms with Crippen LogP contribution >= 0.6 is 0 Å². The van der Waals surface area contributed by atoms with Gasteiger partial charge in [-0.15, -0.1) is 0 Å². The lowest BCUT2D eigenvalue weighted by molar-refractivity contribution is -0.122. The number of nitriles is 1. The van der Waals surface area contributed by atoms with Crippen molar-refractivity contribution < 1.29 is 4.79 Å². The molecule has 0 aromatic heterocycles. The quantitative estimate of drug-likeness (QED) is 0.774. The lowest BCUT2D eigenvalue weighted by atomic mass is 9.89. The fraction of sp³-hybridized carbons (Fsp3) is 0.429. The Kier molecular flexibility index (Phi) is 4.25. The minimum Gasteiger partial charge on any atom is -0.298 e. The molecule has 0 aliphatic heterocycles. The van der Waals surface area contributed by atoms with Crippen molar-refractivity contribution in [1.29, 1.82) is 5.26 Å². The molecule has 0 saturated carbocycles. The van der Waals surface area contributed by atoms with Crippen molar-refractivity contribution in [3.8, 4) is 6.07 Å². The summed E-state index contributed by atoms with van der Waals surface area (Å²) in [6.07, 6.45) is 0.968. The Labute approximate surface area is 96.9 Å². The van der Waals surface area contributed by atoms with Gasteiger partial charge in [-0.05, 0) is 17.5 Å². The van der Waals surface area contributed by atoms with Crippen molar-refractivity contribution in [2.45, 2.75) is 33.1 Å². The molecule has 0 N–H and O–H groups in total. The van der Waals surface area contributed by atoms with Crippen LogP contribution in [0.3, 0.4) is 0 Å².